The van der Waals surface area contributed by atoms with E-state index in [9.17, 15) is 4.79 Å². The van der Waals surface area contributed by atoms with Crippen LogP contribution in [0.5, 0.6) is 5.75 Å². The number of pyridine rings is 1. The van der Waals surface area contributed by atoms with E-state index in [0.29, 0.717) is 12.2 Å². The molecule has 6 heteroatoms. The van der Waals surface area contributed by atoms with E-state index in [1.807, 2.05) is 48.5 Å². The number of benzene rings is 2. The lowest BCUT2D eigenvalue weighted by atomic mass is 10.2. The van der Waals surface area contributed by atoms with Crippen LogP contribution in [0, 0.1) is 0 Å². The summed E-state index contributed by atoms with van der Waals surface area (Å²) in [6, 6.07) is 18.8. The fourth-order valence-corrected chi connectivity index (χ4v) is 2.69. The molecule has 0 radical (unpaired) electrons. The van der Waals surface area contributed by atoms with E-state index in [0.717, 1.165) is 21.3 Å². The van der Waals surface area contributed by atoms with Crippen LogP contribution in [0.1, 0.15) is 21.5 Å². The van der Waals surface area contributed by atoms with E-state index in [-0.39, 0.29) is 5.91 Å². The van der Waals surface area contributed by atoms with Crippen molar-refractivity contribution >= 4 is 28.1 Å². The number of amides is 1. The number of hydrogen-bond donors (Lipinski definition) is 1. The number of halogens is 1. The SMILES string of the molecule is O=C(NN=Cc1ccc(OCc2ccccc2)c(Br)c1)c1ccncc1. The number of nitrogens with zero attached hydrogens (tertiary/aromatic N) is 2. The van der Waals surface area contributed by atoms with Gasteiger partial charge in [0.15, 0.2) is 0 Å². The first-order valence-corrected chi connectivity index (χ1v) is 8.71. The number of carbonyl (C=O) groups is 1. The summed E-state index contributed by atoms with van der Waals surface area (Å²) in [4.78, 5) is 15.8. The summed E-state index contributed by atoms with van der Waals surface area (Å²) in [6.07, 6.45) is 4.69. The number of hydrazone groups is 1. The Morgan fingerprint density at radius 2 is 1.88 bits per heavy atom. The summed E-state index contributed by atoms with van der Waals surface area (Å²) < 4.78 is 6.63. The number of carbonyl (C=O) groups excluding carboxylic acids is 1. The molecule has 0 aliphatic heterocycles. The van der Waals surface area contributed by atoms with E-state index < -0.39 is 0 Å². The number of rotatable bonds is 6. The number of hydrogen-bond acceptors (Lipinski definition) is 4. The second kappa shape index (κ2) is 8.92. The zero-order valence-corrected chi connectivity index (χ0v) is 15.4. The van der Waals surface area contributed by atoms with Crippen LogP contribution in [0.2, 0.25) is 0 Å². The van der Waals surface area contributed by atoms with Gasteiger partial charge in [0.1, 0.15) is 12.4 Å². The first-order chi connectivity index (χ1) is 12.7. The Kier molecular flexibility index (Phi) is 6.11. The number of nitrogens with one attached hydrogen (secondary N) is 1. The van der Waals surface area contributed by atoms with Crippen molar-refractivity contribution in [2.45, 2.75) is 6.61 Å². The van der Waals surface area contributed by atoms with Crippen molar-refractivity contribution in [3.05, 3.63) is 94.2 Å². The maximum Gasteiger partial charge on any atom is 0.271 e. The Labute approximate surface area is 159 Å². The normalized spacial score (nSPS) is 10.7. The fraction of sp³-hybridized carbons (Fsp3) is 0.0500. The first kappa shape index (κ1) is 17.8. The second-order valence-electron chi connectivity index (χ2n) is 5.40. The third-order valence-corrected chi connectivity index (χ3v) is 4.14. The molecule has 26 heavy (non-hydrogen) atoms. The van der Waals surface area contributed by atoms with Gasteiger partial charge in [0, 0.05) is 18.0 Å². The van der Waals surface area contributed by atoms with Crippen LogP contribution >= 0.6 is 15.9 Å². The highest BCUT2D eigenvalue weighted by atomic mass is 79.9. The molecule has 0 saturated heterocycles. The molecule has 1 amide bonds. The second-order valence-corrected chi connectivity index (χ2v) is 6.25. The van der Waals surface area contributed by atoms with Gasteiger partial charge >= 0.3 is 0 Å². The van der Waals surface area contributed by atoms with E-state index in [1.165, 1.54) is 0 Å². The quantitative estimate of drug-likeness (QED) is 0.490. The number of aromatic nitrogens is 1. The van der Waals surface area contributed by atoms with Crippen molar-refractivity contribution in [1.29, 1.82) is 0 Å². The van der Waals surface area contributed by atoms with E-state index in [2.05, 4.69) is 31.4 Å². The molecule has 1 aromatic heterocycles. The molecule has 0 fully saturated rings. The van der Waals surface area contributed by atoms with Gasteiger partial charge in [0.05, 0.1) is 10.7 Å². The van der Waals surface area contributed by atoms with Gasteiger partial charge in [-0.3, -0.25) is 9.78 Å². The minimum atomic E-state index is -0.287. The average molecular weight is 410 g/mol. The maximum atomic E-state index is 11.9. The van der Waals surface area contributed by atoms with Crippen molar-refractivity contribution in [3.8, 4) is 5.75 Å². The van der Waals surface area contributed by atoms with Crippen molar-refractivity contribution in [2.24, 2.45) is 5.10 Å². The molecule has 0 saturated carbocycles. The van der Waals surface area contributed by atoms with Crippen molar-refractivity contribution < 1.29 is 9.53 Å². The third-order valence-electron chi connectivity index (χ3n) is 3.52. The first-order valence-electron chi connectivity index (χ1n) is 7.92. The van der Waals surface area contributed by atoms with Gasteiger partial charge in [-0.15, -0.1) is 0 Å². The predicted molar refractivity (Wildman–Crippen MR) is 104 cm³/mol. The minimum absolute atomic E-state index is 0.287. The molecule has 0 aliphatic carbocycles. The van der Waals surface area contributed by atoms with Gasteiger partial charge < -0.3 is 4.74 Å². The van der Waals surface area contributed by atoms with Crippen molar-refractivity contribution in [3.63, 3.8) is 0 Å². The zero-order valence-electron chi connectivity index (χ0n) is 13.8. The van der Waals surface area contributed by atoms with Gasteiger partial charge in [-0.05, 0) is 57.4 Å². The Balaban J connectivity index is 1.58. The molecular formula is C20H16BrN3O2. The molecule has 130 valence electrons. The van der Waals surface area contributed by atoms with E-state index >= 15 is 0 Å². The van der Waals surface area contributed by atoms with Gasteiger partial charge in [-0.2, -0.15) is 5.10 Å². The third kappa shape index (κ3) is 5.00. The molecule has 5 nitrogen and oxygen atoms in total. The molecule has 3 aromatic rings. The summed E-state index contributed by atoms with van der Waals surface area (Å²) in [7, 11) is 0. The molecule has 3 rings (SSSR count). The molecule has 0 bridgehead atoms. The van der Waals surface area contributed by atoms with Crippen molar-refractivity contribution in [1.82, 2.24) is 10.4 Å². The highest BCUT2D eigenvalue weighted by Crippen LogP contribution is 2.26. The van der Waals surface area contributed by atoms with E-state index in [4.69, 9.17) is 4.74 Å². The van der Waals surface area contributed by atoms with Crippen LogP contribution in [-0.2, 0) is 6.61 Å². The zero-order chi connectivity index (χ0) is 18.2. The molecular weight excluding hydrogens is 394 g/mol. The van der Waals surface area contributed by atoms with E-state index in [1.54, 1.807) is 30.7 Å². The predicted octanol–water partition coefficient (Wildman–Crippen LogP) is 4.19. The fourth-order valence-electron chi connectivity index (χ4n) is 2.18. The molecule has 1 N–H and O–H groups in total. The summed E-state index contributed by atoms with van der Waals surface area (Å²) in [5, 5.41) is 3.98. The van der Waals surface area contributed by atoms with Crippen LogP contribution in [0.3, 0.4) is 0 Å². The summed E-state index contributed by atoms with van der Waals surface area (Å²) in [6.45, 7) is 0.495. The largest absolute Gasteiger partial charge is 0.488 e. The smallest absolute Gasteiger partial charge is 0.271 e. The van der Waals surface area contributed by atoms with Crippen LogP contribution in [-0.4, -0.2) is 17.1 Å². The van der Waals surface area contributed by atoms with Gasteiger partial charge in [0.25, 0.3) is 5.91 Å². The van der Waals surface area contributed by atoms with Crippen LogP contribution in [0.15, 0.2) is 82.6 Å². The lowest BCUT2D eigenvalue weighted by Gasteiger charge is -2.08. The highest BCUT2D eigenvalue weighted by Gasteiger charge is 2.04. The van der Waals surface area contributed by atoms with Gasteiger partial charge in [-0.1, -0.05) is 30.3 Å². The summed E-state index contributed by atoms with van der Waals surface area (Å²) in [5.74, 6) is 0.456. The Bertz CT molecular complexity index is 899. The standard InChI is InChI=1S/C20H16BrN3O2/c21-18-12-16(13-23-24-20(25)17-8-10-22-11-9-17)6-7-19(18)26-14-15-4-2-1-3-5-15/h1-13H,14H2,(H,24,25). The molecule has 1 heterocycles. The summed E-state index contributed by atoms with van der Waals surface area (Å²) in [5.41, 5.74) is 4.92. The van der Waals surface area contributed by atoms with Gasteiger partial charge in [0.2, 0.25) is 0 Å². The van der Waals surface area contributed by atoms with Crippen molar-refractivity contribution in [2.75, 3.05) is 0 Å². The molecule has 0 spiro atoms. The molecule has 0 aliphatic rings. The lowest BCUT2D eigenvalue weighted by molar-refractivity contribution is 0.0955. The molecule has 0 atom stereocenters. The Hall–Kier alpha value is -2.99. The van der Waals surface area contributed by atoms with Gasteiger partial charge in [-0.25, -0.2) is 5.43 Å². The lowest BCUT2D eigenvalue weighted by Crippen LogP contribution is -2.17. The Morgan fingerprint density at radius 1 is 1.12 bits per heavy atom. The van der Waals surface area contributed by atoms with Crippen LogP contribution < -0.4 is 10.2 Å². The average Bonchev–Trinajstić information content (AvgIpc) is 2.69. The topological polar surface area (TPSA) is 63.6 Å². The highest BCUT2D eigenvalue weighted by molar-refractivity contribution is 9.10. The van der Waals surface area contributed by atoms with Crippen LogP contribution in [0.4, 0.5) is 0 Å². The minimum Gasteiger partial charge on any atom is -0.488 e. The monoisotopic (exact) mass is 409 g/mol. The Morgan fingerprint density at radius 3 is 2.62 bits per heavy atom. The molecule has 0 unspecified atom stereocenters. The number of ether oxygens (including phenoxy) is 1. The maximum absolute atomic E-state index is 11.9. The van der Waals surface area contributed by atoms with Crippen LogP contribution in [0.25, 0.3) is 0 Å². The summed E-state index contributed by atoms with van der Waals surface area (Å²) >= 11 is 3.50. The molecule has 2 aromatic carbocycles.